The lowest BCUT2D eigenvalue weighted by atomic mass is 9.84. The van der Waals surface area contributed by atoms with Gasteiger partial charge in [-0.05, 0) is 44.0 Å². The normalized spacial score (nSPS) is 30.2. The second-order valence-corrected chi connectivity index (χ2v) is 5.34. The lowest BCUT2D eigenvalue weighted by molar-refractivity contribution is 0.0975. The Labute approximate surface area is 108 Å². The van der Waals surface area contributed by atoms with Gasteiger partial charge < -0.3 is 20.7 Å². The van der Waals surface area contributed by atoms with Crippen molar-refractivity contribution >= 4 is 11.4 Å². The molecule has 18 heavy (non-hydrogen) atoms. The minimum atomic E-state index is 0.545. The van der Waals surface area contributed by atoms with Crippen molar-refractivity contribution in [1.29, 1.82) is 0 Å². The average molecular weight is 247 g/mol. The monoisotopic (exact) mass is 247 g/mol. The smallest absolute Gasteiger partial charge is 0.121 e. The number of nitrogens with one attached hydrogen (secondary N) is 1. The summed E-state index contributed by atoms with van der Waals surface area (Å²) in [5.41, 5.74) is 7.86. The van der Waals surface area contributed by atoms with Crippen LogP contribution >= 0.6 is 0 Å². The summed E-state index contributed by atoms with van der Waals surface area (Å²) in [4.78, 5) is 2.54. The van der Waals surface area contributed by atoms with Crippen molar-refractivity contribution in [3.05, 3.63) is 18.2 Å². The summed E-state index contributed by atoms with van der Waals surface area (Å²) in [5, 5.41) is 3.61. The first-order valence-corrected chi connectivity index (χ1v) is 6.68. The van der Waals surface area contributed by atoms with E-state index >= 15 is 0 Å². The number of piperidine rings is 3. The third-order valence-electron chi connectivity index (χ3n) is 4.26. The second-order valence-electron chi connectivity index (χ2n) is 5.34. The zero-order valence-corrected chi connectivity index (χ0v) is 10.9. The molecule has 0 spiro atoms. The third-order valence-corrected chi connectivity index (χ3v) is 4.26. The standard InChI is InChI=1S/C14H21N3O/c1-18-11-2-3-13(12(15)8-11)16-14-9-17-6-4-10(14)5-7-17/h2-3,8,10,14,16H,4-7,9,15H2,1H3. The summed E-state index contributed by atoms with van der Waals surface area (Å²) in [6.07, 6.45) is 2.63. The van der Waals surface area contributed by atoms with E-state index in [4.69, 9.17) is 10.5 Å². The molecule has 0 radical (unpaired) electrons. The molecule has 1 aromatic rings. The molecular formula is C14H21N3O. The maximum atomic E-state index is 6.06. The van der Waals surface area contributed by atoms with Crippen LogP contribution in [-0.2, 0) is 0 Å². The highest BCUT2D eigenvalue weighted by Crippen LogP contribution is 2.32. The summed E-state index contributed by atoms with van der Waals surface area (Å²) in [6.45, 7) is 3.68. The van der Waals surface area contributed by atoms with Crippen molar-refractivity contribution in [2.24, 2.45) is 5.92 Å². The van der Waals surface area contributed by atoms with E-state index in [0.29, 0.717) is 6.04 Å². The average Bonchev–Trinajstić information content (AvgIpc) is 2.42. The zero-order valence-electron chi connectivity index (χ0n) is 10.9. The van der Waals surface area contributed by atoms with Crippen LogP contribution in [0, 0.1) is 5.92 Å². The van der Waals surface area contributed by atoms with Crippen molar-refractivity contribution < 1.29 is 4.74 Å². The molecule has 4 nitrogen and oxygen atoms in total. The predicted octanol–water partition coefficient (Wildman–Crippen LogP) is 1.78. The maximum absolute atomic E-state index is 6.06. The van der Waals surface area contributed by atoms with Gasteiger partial charge >= 0.3 is 0 Å². The Balaban J connectivity index is 1.72. The molecule has 3 aliphatic heterocycles. The Bertz CT molecular complexity index is 427. The van der Waals surface area contributed by atoms with Gasteiger partial charge in [-0.1, -0.05) is 0 Å². The fourth-order valence-electron chi connectivity index (χ4n) is 3.13. The van der Waals surface area contributed by atoms with Gasteiger partial charge in [0.1, 0.15) is 5.75 Å². The number of hydrogen-bond donors (Lipinski definition) is 2. The molecule has 4 heteroatoms. The van der Waals surface area contributed by atoms with Crippen molar-refractivity contribution in [2.45, 2.75) is 18.9 Å². The molecule has 3 aliphatic rings. The molecule has 3 saturated heterocycles. The summed E-state index contributed by atoms with van der Waals surface area (Å²) < 4.78 is 5.17. The van der Waals surface area contributed by atoms with Gasteiger partial charge in [0.05, 0.1) is 18.5 Å². The topological polar surface area (TPSA) is 50.5 Å². The van der Waals surface area contributed by atoms with Gasteiger partial charge in [0.15, 0.2) is 0 Å². The van der Waals surface area contributed by atoms with Crippen LogP contribution < -0.4 is 15.8 Å². The highest BCUT2D eigenvalue weighted by molar-refractivity contribution is 5.68. The molecule has 3 N–H and O–H groups in total. The number of hydrogen-bond acceptors (Lipinski definition) is 4. The summed E-state index contributed by atoms with van der Waals surface area (Å²) in [7, 11) is 1.66. The Hall–Kier alpha value is -1.42. The van der Waals surface area contributed by atoms with Gasteiger partial charge in [0.2, 0.25) is 0 Å². The van der Waals surface area contributed by atoms with Crippen molar-refractivity contribution in [1.82, 2.24) is 4.90 Å². The van der Waals surface area contributed by atoms with Gasteiger partial charge in [0, 0.05) is 18.7 Å². The quantitative estimate of drug-likeness (QED) is 0.799. The number of nitrogen functional groups attached to an aromatic ring is 1. The Kier molecular flexibility index (Phi) is 3.04. The van der Waals surface area contributed by atoms with E-state index in [9.17, 15) is 0 Å². The van der Waals surface area contributed by atoms with Crippen molar-refractivity contribution in [3.8, 4) is 5.75 Å². The maximum Gasteiger partial charge on any atom is 0.121 e. The molecule has 2 bridgehead atoms. The molecule has 0 aliphatic carbocycles. The molecule has 98 valence electrons. The first kappa shape index (κ1) is 11.7. The molecule has 0 saturated carbocycles. The third kappa shape index (κ3) is 2.12. The van der Waals surface area contributed by atoms with E-state index in [0.717, 1.165) is 29.6 Å². The van der Waals surface area contributed by atoms with Gasteiger partial charge in [0.25, 0.3) is 0 Å². The van der Waals surface area contributed by atoms with Crippen LogP contribution in [0.3, 0.4) is 0 Å². The number of methoxy groups -OCH3 is 1. The van der Waals surface area contributed by atoms with E-state index in [2.05, 4.69) is 10.2 Å². The van der Waals surface area contributed by atoms with E-state index in [1.54, 1.807) is 7.11 Å². The van der Waals surface area contributed by atoms with Crippen LogP contribution in [0.4, 0.5) is 11.4 Å². The molecular weight excluding hydrogens is 226 g/mol. The van der Waals surface area contributed by atoms with Crippen LogP contribution in [0.1, 0.15) is 12.8 Å². The van der Waals surface area contributed by atoms with Crippen LogP contribution in [-0.4, -0.2) is 37.7 Å². The molecule has 1 aromatic carbocycles. The van der Waals surface area contributed by atoms with Gasteiger partial charge in [-0.2, -0.15) is 0 Å². The van der Waals surface area contributed by atoms with Crippen LogP contribution in [0.2, 0.25) is 0 Å². The SMILES string of the molecule is COc1ccc(NC2CN3CCC2CC3)c(N)c1. The number of nitrogens with zero attached hydrogens (tertiary/aromatic N) is 1. The Morgan fingerprint density at radius 3 is 2.67 bits per heavy atom. The van der Waals surface area contributed by atoms with Gasteiger partial charge in [-0.25, -0.2) is 0 Å². The molecule has 4 rings (SSSR count). The number of rotatable bonds is 3. The molecule has 3 fully saturated rings. The van der Waals surface area contributed by atoms with Crippen LogP contribution in [0.15, 0.2) is 18.2 Å². The first-order chi connectivity index (χ1) is 8.76. The molecule has 1 atom stereocenters. The van der Waals surface area contributed by atoms with Crippen LogP contribution in [0.25, 0.3) is 0 Å². The lowest BCUT2D eigenvalue weighted by Crippen LogP contribution is -2.53. The highest BCUT2D eigenvalue weighted by Gasteiger charge is 2.34. The number of nitrogens with two attached hydrogens (primary N) is 1. The minimum Gasteiger partial charge on any atom is -0.497 e. The van der Waals surface area contributed by atoms with E-state index in [1.807, 2.05) is 18.2 Å². The zero-order chi connectivity index (χ0) is 12.5. The first-order valence-electron chi connectivity index (χ1n) is 6.68. The van der Waals surface area contributed by atoms with Crippen LogP contribution in [0.5, 0.6) is 5.75 Å². The molecule has 1 unspecified atom stereocenters. The molecule has 0 amide bonds. The van der Waals surface area contributed by atoms with Gasteiger partial charge in [-0.3, -0.25) is 0 Å². The number of benzene rings is 1. The summed E-state index contributed by atoms with van der Waals surface area (Å²) in [6, 6.07) is 6.40. The van der Waals surface area contributed by atoms with Crippen molar-refractivity contribution in [3.63, 3.8) is 0 Å². The largest absolute Gasteiger partial charge is 0.497 e. The Morgan fingerprint density at radius 2 is 2.11 bits per heavy atom. The highest BCUT2D eigenvalue weighted by atomic mass is 16.5. The number of anilines is 2. The summed E-state index contributed by atoms with van der Waals surface area (Å²) in [5.74, 6) is 1.61. The molecule has 3 heterocycles. The fourth-order valence-corrected chi connectivity index (χ4v) is 3.13. The number of fused-ring (bicyclic) bond motifs is 3. The van der Waals surface area contributed by atoms with E-state index < -0.39 is 0 Å². The van der Waals surface area contributed by atoms with Crippen molar-refractivity contribution in [2.75, 3.05) is 37.8 Å². The van der Waals surface area contributed by atoms with Gasteiger partial charge in [-0.15, -0.1) is 0 Å². The predicted molar refractivity (Wildman–Crippen MR) is 74.0 cm³/mol. The molecule has 0 aromatic heterocycles. The van der Waals surface area contributed by atoms with E-state index in [-0.39, 0.29) is 0 Å². The fraction of sp³-hybridized carbons (Fsp3) is 0.571. The minimum absolute atomic E-state index is 0.545. The second kappa shape index (κ2) is 4.69. The lowest BCUT2D eigenvalue weighted by Gasteiger charge is -2.45. The summed E-state index contributed by atoms with van der Waals surface area (Å²) >= 11 is 0. The van der Waals surface area contributed by atoms with E-state index in [1.165, 1.54) is 25.9 Å². The Morgan fingerprint density at radius 1 is 1.33 bits per heavy atom. The number of ether oxygens (including phenoxy) is 1.